The molecule has 4 heterocycles. The minimum absolute atomic E-state index is 0.0691. The number of unbranched alkanes of at least 4 members (excludes halogenated alkanes) is 14. The number of carbonyl (C=O) groups is 5. The molecule has 5 aliphatic rings. The Labute approximate surface area is 672 Å². The van der Waals surface area contributed by atoms with E-state index in [0.717, 1.165) is 78.2 Å². The van der Waals surface area contributed by atoms with Gasteiger partial charge in [0, 0.05) is 80.2 Å². The second-order valence-electron chi connectivity index (χ2n) is 32.5. The van der Waals surface area contributed by atoms with E-state index in [9.17, 15) is 63.3 Å². The number of phosphoric ester groups is 2. The molecule has 0 saturated carbocycles. The highest BCUT2D eigenvalue weighted by atomic mass is 31.3. The lowest BCUT2D eigenvalue weighted by molar-refractivity contribution is -0.401. The summed E-state index contributed by atoms with van der Waals surface area (Å²) in [6.07, 6.45) is 15.3. The van der Waals surface area contributed by atoms with E-state index in [1.165, 1.54) is 119 Å². The van der Waals surface area contributed by atoms with Crippen molar-refractivity contribution in [1.29, 1.82) is 0 Å². The molecule has 4 aromatic rings. The van der Waals surface area contributed by atoms with Gasteiger partial charge in [0.05, 0.1) is 25.2 Å². The van der Waals surface area contributed by atoms with Crippen molar-refractivity contribution in [2.45, 2.75) is 295 Å². The molecule has 0 bridgehead atoms. The van der Waals surface area contributed by atoms with Crippen LogP contribution >= 0.6 is 15.6 Å². The Morgan fingerprint density at radius 3 is 1.92 bits per heavy atom. The number of hydrogen-bond donors (Lipinski definition) is 9. The van der Waals surface area contributed by atoms with E-state index in [1.54, 1.807) is 0 Å². The summed E-state index contributed by atoms with van der Waals surface area (Å²) in [5.41, 5.74) is 9.81. The van der Waals surface area contributed by atoms with Gasteiger partial charge >= 0.3 is 15.6 Å². The van der Waals surface area contributed by atoms with E-state index in [1.807, 2.05) is 0 Å². The summed E-state index contributed by atoms with van der Waals surface area (Å²) in [5.74, 6) is -2.93. The van der Waals surface area contributed by atoms with Crippen LogP contribution in [0.25, 0.3) is 21.5 Å². The topological polar surface area (TPSA) is 348 Å². The molecular weight excluding hydrogens is 1500 g/mol. The van der Waals surface area contributed by atoms with Crippen LogP contribution in [0.3, 0.4) is 0 Å². The summed E-state index contributed by atoms with van der Waals surface area (Å²) >= 11 is 0. The molecule has 9 N–H and O–H groups in total. The lowest BCUT2D eigenvalue weighted by atomic mass is 9.79. The van der Waals surface area contributed by atoms with E-state index < -0.39 is 120 Å². The number of anilines is 1. The second kappa shape index (κ2) is 42.8. The van der Waals surface area contributed by atoms with Gasteiger partial charge in [-0.1, -0.05) is 177 Å². The quantitative estimate of drug-likeness (QED) is 0.0113. The molecule has 628 valence electrons. The molecular formula is C87H126N5O20P2+. The van der Waals surface area contributed by atoms with Gasteiger partial charge in [0.1, 0.15) is 67.6 Å². The SMILES string of the molecule is CCCCCCCCCCCCCCOP(=O)(O)OP(=O)(O)OC1OC(CO)C(OC2OC(CO)C(O)C(O)C2NC(C)=O)C(O[C@H](C)C(=O)CC[C@@H](CCCCNC(=O)CCCCCN2C(=CC=C3C=C(C=CC4=[N+](C)c5ccc6ccccc6c5C4(C)C)CCC3)C(C)(C)c3c2ccc2ccccc32)C(C)=O)C1NC(C)=O. The van der Waals surface area contributed by atoms with Crippen LogP contribution in [0.4, 0.5) is 11.4 Å². The average Bonchev–Trinajstić information content (AvgIpc) is 1.54. The monoisotopic (exact) mass is 1620 g/mol. The molecule has 1 aliphatic carbocycles. The van der Waals surface area contributed by atoms with Crippen molar-refractivity contribution in [3.63, 3.8) is 0 Å². The number of ether oxygens (including phenoxy) is 4. The summed E-state index contributed by atoms with van der Waals surface area (Å²) in [5, 5.41) is 56.1. The number of hydrogen-bond acceptors (Lipinski definition) is 19. The van der Waals surface area contributed by atoms with Crippen molar-refractivity contribution in [3.8, 4) is 0 Å². The molecule has 25 nitrogen and oxygen atoms in total. The van der Waals surface area contributed by atoms with Crippen molar-refractivity contribution in [2.24, 2.45) is 5.92 Å². The smallest absolute Gasteiger partial charge is 0.394 e. The Morgan fingerprint density at radius 1 is 0.658 bits per heavy atom. The number of benzene rings is 4. The number of rotatable bonds is 45. The molecule has 0 spiro atoms. The van der Waals surface area contributed by atoms with E-state index in [-0.39, 0.29) is 42.0 Å². The van der Waals surface area contributed by atoms with Gasteiger partial charge in [0.2, 0.25) is 23.4 Å². The highest BCUT2D eigenvalue weighted by Gasteiger charge is 2.56. The Kier molecular flexibility index (Phi) is 34.3. The number of aliphatic hydroxyl groups excluding tert-OH is 4. The largest absolute Gasteiger partial charge is 0.483 e. The summed E-state index contributed by atoms with van der Waals surface area (Å²) in [7, 11) is -8.91. The molecule has 4 aromatic carbocycles. The maximum Gasteiger partial charge on any atom is 0.483 e. The first-order valence-corrected chi connectivity index (χ1v) is 44.4. The number of aliphatic hydroxyl groups is 4. The molecule has 9 rings (SSSR count). The number of ketones is 2. The van der Waals surface area contributed by atoms with Crippen LogP contribution in [0, 0.1) is 5.92 Å². The lowest BCUT2D eigenvalue weighted by Gasteiger charge is -2.49. The van der Waals surface area contributed by atoms with Crippen LogP contribution in [0.1, 0.15) is 228 Å². The maximum atomic E-state index is 14.3. The number of Topliss-reactive ketones (excluding diaryl/α,β-unsaturated/α-hetero) is 2. The van der Waals surface area contributed by atoms with E-state index >= 15 is 0 Å². The van der Waals surface area contributed by atoms with Crippen molar-refractivity contribution < 1.29 is 100 Å². The van der Waals surface area contributed by atoms with E-state index in [4.69, 9.17) is 32.3 Å². The highest BCUT2D eigenvalue weighted by molar-refractivity contribution is 7.61. The fraction of sp³-hybridized carbons (Fsp3) is 0.609. The first-order valence-electron chi connectivity index (χ1n) is 41.4. The van der Waals surface area contributed by atoms with Crippen molar-refractivity contribution in [1.82, 2.24) is 16.0 Å². The van der Waals surface area contributed by atoms with Gasteiger partial charge in [-0.15, -0.1) is 0 Å². The van der Waals surface area contributed by atoms with Gasteiger partial charge in [-0.05, 0) is 142 Å². The molecule has 2 fully saturated rings. The molecule has 0 radical (unpaired) electrons. The highest BCUT2D eigenvalue weighted by Crippen LogP contribution is 2.62. The minimum Gasteiger partial charge on any atom is -0.394 e. The van der Waals surface area contributed by atoms with Gasteiger partial charge in [-0.25, -0.2) is 9.13 Å². The molecule has 3 amide bonds. The predicted octanol–water partition coefficient (Wildman–Crippen LogP) is 14.0. The first-order chi connectivity index (χ1) is 54.4. The van der Waals surface area contributed by atoms with Crippen LogP contribution < -0.4 is 20.9 Å². The third-order valence-corrected chi connectivity index (χ3v) is 25.6. The normalized spacial score (nSPS) is 25.0. The standard InChI is InChI=1S/C87H125N5O20P2/c1-11-12-13-14-15-16-17-18-19-20-21-31-53-106-113(102,103)112-114(104,105)111-85-79(90-60(5)97)83(82(72(56-94)109-85)110-84-78(89-59(4)96)81(101)80(100)71(55-93)108-84)107-58(3)70(98)48-45-63(57(2)95)35-28-29-51-88-75(99)40-23-22-30-52-92-69-47-44-65-37-25-27-39-67(65)77(69)87(8,9)74(92)50-42-62-34-32-33-61(54-62)41-49-73-86(6,7)76-66-38-26-24-36-64(66)43-46-68(76)91(73)10/h24-27,36-39,41-44,46-47,49-50,54,58,63,71-72,78-85,93-94,100-101H,11-23,28-35,40,45,48,51-53,55-56H2,1-10H3,(H4-,88,89,90,96,97,99,102,103,104,105)/p+1/t58-,63-,71?,72?,78?,79?,80?,81?,82?,83?,84?,85?/m1/s1. The molecule has 114 heavy (non-hydrogen) atoms. The molecule has 2 saturated heterocycles. The number of allylic oxidation sites excluding steroid dienone is 8. The molecule has 12 unspecified atom stereocenters. The fourth-order valence-corrected chi connectivity index (χ4v) is 19.1. The summed E-state index contributed by atoms with van der Waals surface area (Å²) in [4.78, 5) is 90.5. The van der Waals surface area contributed by atoms with Gasteiger partial charge < -0.3 is 70.0 Å². The van der Waals surface area contributed by atoms with Crippen molar-refractivity contribution in [2.75, 3.05) is 44.9 Å². The minimum atomic E-state index is -5.75. The van der Waals surface area contributed by atoms with E-state index in [0.29, 0.717) is 51.5 Å². The average molecular weight is 1620 g/mol. The first kappa shape index (κ1) is 91.4. The molecule has 14 atom stereocenters. The number of carbonyl (C=O) groups excluding carboxylic acids is 5. The number of phosphoric acid groups is 2. The van der Waals surface area contributed by atoms with Crippen molar-refractivity contribution >= 4 is 83.6 Å². The third kappa shape index (κ3) is 24.4. The Morgan fingerprint density at radius 2 is 1.27 bits per heavy atom. The van der Waals surface area contributed by atoms with Gasteiger partial charge in [0.15, 0.2) is 24.1 Å². The van der Waals surface area contributed by atoms with Crippen LogP contribution in [-0.4, -0.2) is 177 Å². The fourth-order valence-electron chi connectivity index (χ4n) is 17.0. The van der Waals surface area contributed by atoms with Gasteiger partial charge in [-0.3, -0.25) is 33.0 Å². The Bertz CT molecular complexity index is 4210. The summed E-state index contributed by atoms with van der Waals surface area (Å²) in [6.45, 7) is 15.4. The second-order valence-corrected chi connectivity index (χ2v) is 35.4. The molecule has 0 aromatic heterocycles. The molecule has 4 aliphatic heterocycles. The van der Waals surface area contributed by atoms with Crippen LogP contribution in [0.5, 0.6) is 0 Å². The number of amides is 3. The van der Waals surface area contributed by atoms with Crippen molar-refractivity contribution in [3.05, 3.63) is 131 Å². The number of nitrogens with zero attached hydrogens (tertiary/aromatic N) is 2. The Balaban J connectivity index is 0.775. The van der Waals surface area contributed by atoms with Gasteiger partial charge in [0.25, 0.3) is 0 Å². The lowest BCUT2D eigenvalue weighted by Crippen LogP contribution is -2.70. The zero-order valence-electron chi connectivity index (χ0n) is 68.4. The van der Waals surface area contributed by atoms with Crippen LogP contribution in [-0.2, 0) is 76.2 Å². The molecule has 27 heteroatoms. The van der Waals surface area contributed by atoms with Crippen LogP contribution in [0.2, 0.25) is 0 Å². The zero-order chi connectivity index (χ0) is 82.5. The number of nitrogens with one attached hydrogen (secondary N) is 3. The maximum absolute atomic E-state index is 14.3. The van der Waals surface area contributed by atoms with E-state index in [2.05, 4.69) is 170 Å². The van der Waals surface area contributed by atoms with Gasteiger partial charge in [-0.2, -0.15) is 8.89 Å². The predicted molar refractivity (Wildman–Crippen MR) is 440 cm³/mol. The summed E-state index contributed by atoms with van der Waals surface area (Å²) in [6, 6.07) is 22.8. The van der Waals surface area contributed by atoms with Crippen LogP contribution in [0.15, 0.2) is 120 Å². The zero-order valence-corrected chi connectivity index (χ0v) is 70.2. The Hall–Kier alpha value is -6.48. The summed E-state index contributed by atoms with van der Waals surface area (Å²) < 4.78 is 68.8. The third-order valence-electron chi connectivity index (χ3n) is 23.0. The number of fused-ring (bicyclic) bond motifs is 6.